The van der Waals surface area contributed by atoms with E-state index in [9.17, 15) is 4.79 Å². The van der Waals surface area contributed by atoms with Gasteiger partial charge < -0.3 is 9.47 Å². The zero-order chi connectivity index (χ0) is 18.5. The number of carbonyl (C=O) groups is 1. The molecule has 1 aromatic heterocycles. The molecule has 3 rings (SSSR count). The molecular weight excluding hydrogens is 348 g/mol. The molecule has 0 saturated heterocycles. The first-order valence-corrected chi connectivity index (χ1v) is 9.43. The number of ether oxygens (including phenoxy) is 2. The van der Waals surface area contributed by atoms with Crippen LogP contribution in [0.15, 0.2) is 42.5 Å². The second-order valence-electron chi connectivity index (χ2n) is 6.12. The smallest absolute Gasteiger partial charge is 0.264 e. The van der Waals surface area contributed by atoms with Gasteiger partial charge in [0, 0.05) is 0 Å². The van der Waals surface area contributed by atoms with Gasteiger partial charge in [-0.2, -0.15) is 0 Å². The van der Waals surface area contributed by atoms with E-state index in [0.717, 1.165) is 16.0 Å². The summed E-state index contributed by atoms with van der Waals surface area (Å²) in [5, 5.41) is 3.33. The van der Waals surface area contributed by atoms with E-state index >= 15 is 0 Å². The number of hydrogen-bond acceptors (Lipinski definition) is 5. The first-order chi connectivity index (χ1) is 12.6. The Morgan fingerprint density at radius 1 is 1.19 bits per heavy atom. The van der Waals surface area contributed by atoms with Crippen LogP contribution in [0.25, 0.3) is 10.2 Å². The number of rotatable bonds is 7. The molecule has 0 aliphatic heterocycles. The molecule has 1 heterocycles. The highest BCUT2D eigenvalue weighted by Crippen LogP contribution is 2.32. The van der Waals surface area contributed by atoms with Gasteiger partial charge in [-0.3, -0.25) is 10.1 Å². The number of para-hydroxylation sites is 1. The second kappa shape index (κ2) is 8.19. The van der Waals surface area contributed by atoms with Gasteiger partial charge in [0.05, 0.1) is 11.3 Å². The van der Waals surface area contributed by atoms with E-state index in [1.807, 2.05) is 43.3 Å². The Morgan fingerprint density at radius 3 is 2.77 bits per heavy atom. The first-order valence-electron chi connectivity index (χ1n) is 8.61. The van der Waals surface area contributed by atoms with Crippen molar-refractivity contribution in [3.63, 3.8) is 0 Å². The average molecular weight is 370 g/mol. The van der Waals surface area contributed by atoms with Crippen molar-refractivity contribution in [2.45, 2.75) is 26.7 Å². The molecule has 26 heavy (non-hydrogen) atoms. The molecule has 0 bridgehead atoms. The third kappa shape index (κ3) is 4.32. The van der Waals surface area contributed by atoms with Gasteiger partial charge in [0.1, 0.15) is 17.0 Å². The highest BCUT2D eigenvalue weighted by molar-refractivity contribution is 7.22. The molecule has 1 N–H and O–H groups in total. The first kappa shape index (κ1) is 18.2. The topological polar surface area (TPSA) is 60.5 Å². The number of nitrogens with one attached hydrogen (secondary N) is 1. The monoisotopic (exact) mass is 370 g/mol. The number of carbonyl (C=O) groups excluding carboxylic acids is 1. The summed E-state index contributed by atoms with van der Waals surface area (Å²) in [6, 6.07) is 13.6. The number of hydrogen-bond donors (Lipinski definition) is 1. The number of anilines is 1. The summed E-state index contributed by atoms with van der Waals surface area (Å²) < 4.78 is 12.2. The molecule has 0 atom stereocenters. The number of aromatic nitrogens is 1. The van der Waals surface area contributed by atoms with Gasteiger partial charge >= 0.3 is 0 Å². The molecule has 0 spiro atoms. The minimum Gasteiger partial charge on any atom is -0.492 e. The Kier molecular flexibility index (Phi) is 5.73. The third-order valence-corrected chi connectivity index (χ3v) is 4.76. The lowest BCUT2D eigenvalue weighted by molar-refractivity contribution is -0.118. The van der Waals surface area contributed by atoms with Crippen LogP contribution in [0, 0.1) is 0 Å². The van der Waals surface area contributed by atoms with Crippen LogP contribution < -0.4 is 14.8 Å². The number of fused-ring (bicyclic) bond motifs is 1. The molecule has 0 aliphatic carbocycles. The lowest BCUT2D eigenvalue weighted by Crippen LogP contribution is -2.20. The number of nitrogens with zero attached hydrogens (tertiary/aromatic N) is 1. The van der Waals surface area contributed by atoms with Crippen LogP contribution >= 0.6 is 11.3 Å². The Morgan fingerprint density at radius 2 is 2.00 bits per heavy atom. The zero-order valence-electron chi connectivity index (χ0n) is 15.1. The minimum atomic E-state index is -0.239. The lowest BCUT2D eigenvalue weighted by atomic mass is 10.0. The molecule has 6 heteroatoms. The molecule has 0 radical (unpaired) electrons. The summed E-state index contributed by atoms with van der Waals surface area (Å²) in [4.78, 5) is 16.7. The van der Waals surface area contributed by atoms with E-state index in [4.69, 9.17) is 9.47 Å². The van der Waals surface area contributed by atoms with Crippen molar-refractivity contribution in [2.24, 2.45) is 0 Å². The molecule has 0 aliphatic rings. The van der Waals surface area contributed by atoms with Crippen LogP contribution in [-0.2, 0) is 4.79 Å². The molecule has 2 aromatic carbocycles. The van der Waals surface area contributed by atoms with Crippen molar-refractivity contribution in [1.82, 2.24) is 4.98 Å². The van der Waals surface area contributed by atoms with Gasteiger partial charge in [0.25, 0.3) is 5.91 Å². The summed E-state index contributed by atoms with van der Waals surface area (Å²) in [7, 11) is 0. The van der Waals surface area contributed by atoms with Gasteiger partial charge in [-0.25, -0.2) is 4.98 Å². The lowest BCUT2D eigenvalue weighted by Gasteiger charge is -2.09. The zero-order valence-corrected chi connectivity index (χ0v) is 15.9. The second-order valence-corrected chi connectivity index (χ2v) is 7.15. The van der Waals surface area contributed by atoms with Gasteiger partial charge in [0.2, 0.25) is 0 Å². The van der Waals surface area contributed by atoms with E-state index in [2.05, 4.69) is 30.2 Å². The molecule has 0 fully saturated rings. The normalized spacial score (nSPS) is 10.9. The van der Waals surface area contributed by atoms with Gasteiger partial charge in [-0.15, -0.1) is 0 Å². The number of thiazole rings is 1. The third-order valence-electron chi connectivity index (χ3n) is 3.82. The van der Waals surface area contributed by atoms with Crippen LogP contribution in [0.3, 0.4) is 0 Å². The van der Waals surface area contributed by atoms with Gasteiger partial charge in [-0.1, -0.05) is 43.4 Å². The van der Waals surface area contributed by atoms with Crippen molar-refractivity contribution >= 4 is 32.6 Å². The largest absolute Gasteiger partial charge is 0.492 e. The highest BCUT2D eigenvalue weighted by atomic mass is 32.1. The number of amides is 1. The summed E-state index contributed by atoms with van der Waals surface area (Å²) in [5.74, 6) is 1.59. The Bertz CT molecular complexity index is 905. The summed E-state index contributed by atoms with van der Waals surface area (Å²) in [6.45, 7) is 6.68. The van der Waals surface area contributed by atoms with Crippen LogP contribution in [0.5, 0.6) is 11.5 Å². The molecule has 136 valence electrons. The van der Waals surface area contributed by atoms with E-state index in [1.165, 1.54) is 16.9 Å². The van der Waals surface area contributed by atoms with E-state index in [-0.39, 0.29) is 12.5 Å². The van der Waals surface area contributed by atoms with Crippen molar-refractivity contribution in [1.29, 1.82) is 0 Å². The van der Waals surface area contributed by atoms with E-state index in [0.29, 0.717) is 23.4 Å². The molecule has 0 saturated carbocycles. The molecule has 0 unspecified atom stereocenters. The Balaban J connectivity index is 1.64. The maximum absolute atomic E-state index is 12.2. The fourth-order valence-corrected chi connectivity index (χ4v) is 3.42. The van der Waals surface area contributed by atoms with Crippen molar-refractivity contribution in [2.75, 3.05) is 18.5 Å². The molecule has 3 aromatic rings. The van der Waals surface area contributed by atoms with Crippen molar-refractivity contribution < 1.29 is 14.3 Å². The molecule has 1 amide bonds. The van der Waals surface area contributed by atoms with Gasteiger partial charge in [-0.05, 0) is 42.7 Å². The minimum absolute atomic E-state index is 0.0597. The molecular formula is C20H22N2O3S. The number of benzene rings is 2. The maximum Gasteiger partial charge on any atom is 0.264 e. The maximum atomic E-state index is 12.2. The van der Waals surface area contributed by atoms with Crippen LogP contribution in [0.1, 0.15) is 32.3 Å². The summed E-state index contributed by atoms with van der Waals surface area (Å²) in [5.41, 5.74) is 1.94. The fraction of sp³-hybridized carbons (Fsp3) is 0.300. The van der Waals surface area contributed by atoms with Crippen LogP contribution in [0.2, 0.25) is 0 Å². The SMILES string of the molecule is CCOc1cccc2sc(NC(=O)COc3cccc(C(C)C)c3)nc12. The predicted molar refractivity (Wildman–Crippen MR) is 105 cm³/mol. The van der Waals surface area contributed by atoms with Crippen molar-refractivity contribution in [3.05, 3.63) is 48.0 Å². The van der Waals surface area contributed by atoms with E-state index in [1.54, 1.807) is 0 Å². The summed E-state index contributed by atoms with van der Waals surface area (Å²) in [6.07, 6.45) is 0. The van der Waals surface area contributed by atoms with E-state index < -0.39 is 0 Å². The molecule has 5 nitrogen and oxygen atoms in total. The highest BCUT2D eigenvalue weighted by Gasteiger charge is 2.12. The quantitative estimate of drug-likeness (QED) is 0.647. The fourth-order valence-electron chi connectivity index (χ4n) is 2.52. The van der Waals surface area contributed by atoms with Crippen LogP contribution in [-0.4, -0.2) is 24.1 Å². The predicted octanol–water partition coefficient (Wildman–Crippen LogP) is 4.84. The van der Waals surface area contributed by atoms with Crippen molar-refractivity contribution in [3.8, 4) is 11.5 Å². The standard InChI is InChI=1S/C20H22N2O3S/c1-4-24-16-9-6-10-17-19(16)22-20(26-17)21-18(23)12-25-15-8-5-7-14(11-15)13(2)3/h5-11,13H,4,12H2,1-3H3,(H,21,22,23). The van der Waals surface area contributed by atoms with Crippen LogP contribution in [0.4, 0.5) is 5.13 Å². The summed E-state index contributed by atoms with van der Waals surface area (Å²) >= 11 is 1.42. The van der Waals surface area contributed by atoms with Gasteiger partial charge in [0.15, 0.2) is 11.7 Å². The Labute approximate surface area is 157 Å². The average Bonchev–Trinajstić information content (AvgIpc) is 3.04. The Hall–Kier alpha value is -2.60.